The Balaban J connectivity index is 1.88. The van der Waals surface area contributed by atoms with Gasteiger partial charge in [0.2, 0.25) is 5.89 Å². The summed E-state index contributed by atoms with van der Waals surface area (Å²) in [5, 5.41) is 14.1. The van der Waals surface area contributed by atoms with E-state index in [2.05, 4.69) is 24.9 Å². The van der Waals surface area contributed by atoms with Crippen molar-refractivity contribution in [3.63, 3.8) is 0 Å². The van der Waals surface area contributed by atoms with E-state index in [1.165, 1.54) is 11.8 Å². The van der Waals surface area contributed by atoms with E-state index < -0.39 is 0 Å². The minimum Gasteiger partial charge on any atom is -0.385 e. The van der Waals surface area contributed by atoms with Crippen molar-refractivity contribution in [1.29, 1.82) is 0 Å². The zero-order chi connectivity index (χ0) is 19.2. The maximum Gasteiger partial charge on any atom is 0.239 e. The summed E-state index contributed by atoms with van der Waals surface area (Å²) in [4.78, 5) is 4.41. The highest BCUT2D eigenvalue weighted by atomic mass is 35.5. The number of rotatable bonds is 9. The fourth-order valence-electron chi connectivity index (χ4n) is 2.57. The lowest BCUT2D eigenvalue weighted by Gasteiger charge is -2.12. The van der Waals surface area contributed by atoms with Gasteiger partial charge in [-0.2, -0.15) is 4.98 Å². The average molecular weight is 408 g/mol. The molecule has 0 saturated carbocycles. The second kappa shape index (κ2) is 9.34. The number of nitrogens with zero attached hydrogens (tertiary/aromatic N) is 5. The van der Waals surface area contributed by atoms with Gasteiger partial charge in [-0.25, -0.2) is 0 Å². The van der Waals surface area contributed by atoms with Crippen LogP contribution in [0.3, 0.4) is 0 Å². The molecule has 1 atom stereocenters. The van der Waals surface area contributed by atoms with E-state index in [4.69, 9.17) is 20.9 Å². The molecule has 0 bridgehead atoms. The van der Waals surface area contributed by atoms with Crippen molar-refractivity contribution >= 4 is 23.4 Å². The lowest BCUT2D eigenvalue weighted by molar-refractivity contribution is 0.189. The second-order valence-corrected chi connectivity index (χ2v) is 7.66. The molecule has 7 nitrogen and oxygen atoms in total. The molecule has 0 aliphatic heterocycles. The SMILES string of the molecule is CCc1noc(C(C)Sc2nnc(-c3ccccc3Cl)n2CCCOC)n1. The Morgan fingerprint density at radius 3 is 2.81 bits per heavy atom. The van der Waals surface area contributed by atoms with Gasteiger partial charge in [-0.15, -0.1) is 10.2 Å². The number of halogens is 1. The summed E-state index contributed by atoms with van der Waals surface area (Å²) in [6.45, 7) is 5.39. The standard InChI is InChI=1S/C18H22ClN5O2S/c1-4-15-20-17(26-23-15)12(2)27-18-22-21-16(24(18)10-7-11-25-3)13-8-5-6-9-14(13)19/h5-6,8-9,12H,4,7,10-11H2,1-3H3. The van der Waals surface area contributed by atoms with Crippen molar-refractivity contribution in [1.82, 2.24) is 24.9 Å². The molecule has 3 aromatic rings. The fraction of sp³-hybridized carbons (Fsp3) is 0.444. The van der Waals surface area contributed by atoms with Crippen LogP contribution in [0.5, 0.6) is 0 Å². The van der Waals surface area contributed by atoms with Gasteiger partial charge in [-0.05, 0) is 25.5 Å². The number of thioether (sulfide) groups is 1. The average Bonchev–Trinajstić information content (AvgIpc) is 3.30. The Morgan fingerprint density at radius 1 is 1.30 bits per heavy atom. The van der Waals surface area contributed by atoms with Gasteiger partial charge in [-0.1, -0.05) is 47.6 Å². The molecule has 27 heavy (non-hydrogen) atoms. The first-order valence-electron chi connectivity index (χ1n) is 8.80. The number of hydrogen-bond acceptors (Lipinski definition) is 7. The van der Waals surface area contributed by atoms with Crippen LogP contribution in [0, 0.1) is 0 Å². The second-order valence-electron chi connectivity index (χ2n) is 5.95. The van der Waals surface area contributed by atoms with E-state index in [0.717, 1.165) is 35.9 Å². The lowest BCUT2D eigenvalue weighted by Crippen LogP contribution is -2.06. The van der Waals surface area contributed by atoms with Crippen LogP contribution in [-0.4, -0.2) is 38.6 Å². The number of ether oxygens (including phenoxy) is 1. The highest BCUT2D eigenvalue weighted by molar-refractivity contribution is 7.99. The summed E-state index contributed by atoms with van der Waals surface area (Å²) in [6, 6.07) is 7.64. The van der Waals surface area contributed by atoms with Crippen LogP contribution in [-0.2, 0) is 17.7 Å². The third-order valence-electron chi connectivity index (χ3n) is 3.99. The van der Waals surface area contributed by atoms with Crippen LogP contribution in [0.2, 0.25) is 5.02 Å². The first kappa shape index (κ1) is 19.9. The summed E-state index contributed by atoms with van der Waals surface area (Å²) < 4.78 is 12.6. The van der Waals surface area contributed by atoms with Crippen molar-refractivity contribution in [3.8, 4) is 11.4 Å². The third kappa shape index (κ3) is 4.69. The molecule has 0 aliphatic carbocycles. The van der Waals surface area contributed by atoms with Crippen LogP contribution >= 0.6 is 23.4 Å². The van der Waals surface area contributed by atoms with Gasteiger partial charge >= 0.3 is 0 Å². The predicted octanol–water partition coefficient (Wildman–Crippen LogP) is 4.43. The van der Waals surface area contributed by atoms with E-state index in [1.807, 2.05) is 38.1 Å². The van der Waals surface area contributed by atoms with E-state index in [9.17, 15) is 0 Å². The molecule has 0 amide bonds. The van der Waals surface area contributed by atoms with E-state index >= 15 is 0 Å². The van der Waals surface area contributed by atoms with Crippen molar-refractivity contribution in [2.75, 3.05) is 13.7 Å². The molecule has 9 heteroatoms. The van der Waals surface area contributed by atoms with Gasteiger partial charge in [0.25, 0.3) is 0 Å². The molecule has 0 N–H and O–H groups in total. The Kier molecular flexibility index (Phi) is 6.87. The van der Waals surface area contributed by atoms with Crippen LogP contribution in [0.1, 0.15) is 37.2 Å². The predicted molar refractivity (Wildman–Crippen MR) is 105 cm³/mol. The summed E-state index contributed by atoms with van der Waals surface area (Å²) in [6.07, 6.45) is 1.58. The highest BCUT2D eigenvalue weighted by Gasteiger charge is 2.21. The molecule has 2 aromatic heterocycles. The zero-order valence-corrected chi connectivity index (χ0v) is 17.1. The maximum absolute atomic E-state index is 6.38. The highest BCUT2D eigenvalue weighted by Crippen LogP contribution is 2.36. The number of hydrogen-bond donors (Lipinski definition) is 0. The monoisotopic (exact) mass is 407 g/mol. The van der Waals surface area contributed by atoms with Crippen LogP contribution < -0.4 is 0 Å². The lowest BCUT2D eigenvalue weighted by atomic mass is 10.2. The number of aryl methyl sites for hydroxylation is 1. The molecular weight excluding hydrogens is 386 g/mol. The van der Waals surface area contributed by atoms with Gasteiger partial charge in [-0.3, -0.25) is 0 Å². The zero-order valence-electron chi connectivity index (χ0n) is 15.6. The molecule has 0 spiro atoms. The van der Waals surface area contributed by atoms with Crippen LogP contribution in [0.15, 0.2) is 33.9 Å². The summed E-state index contributed by atoms with van der Waals surface area (Å²) in [5.74, 6) is 2.03. The van der Waals surface area contributed by atoms with Crippen molar-refractivity contribution in [2.24, 2.45) is 0 Å². The van der Waals surface area contributed by atoms with Crippen molar-refractivity contribution in [3.05, 3.63) is 41.0 Å². The Hall–Kier alpha value is -1.90. The Labute approximate surface area is 167 Å². The van der Waals surface area contributed by atoms with Gasteiger partial charge in [0.05, 0.1) is 10.3 Å². The van der Waals surface area contributed by atoms with E-state index in [0.29, 0.717) is 23.3 Å². The van der Waals surface area contributed by atoms with Gasteiger partial charge in [0.1, 0.15) is 0 Å². The minimum atomic E-state index is -0.0396. The summed E-state index contributed by atoms with van der Waals surface area (Å²) in [5.41, 5.74) is 0.856. The molecule has 0 aliphatic rings. The smallest absolute Gasteiger partial charge is 0.239 e. The molecule has 144 valence electrons. The molecule has 3 rings (SSSR count). The van der Waals surface area contributed by atoms with Crippen molar-refractivity contribution in [2.45, 2.75) is 43.6 Å². The number of aromatic nitrogens is 5. The third-order valence-corrected chi connectivity index (χ3v) is 5.39. The molecule has 0 radical (unpaired) electrons. The number of methoxy groups -OCH3 is 1. The minimum absolute atomic E-state index is 0.0396. The largest absolute Gasteiger partial charge is 0.385 e. The fourth-order valence-corrected chi connectivity index (χ4v) is 3.70. The van der Waals surface area contributed by atoms with Gasteiger partial charge < -0.3 is 13.8 Å². The first-order chi connectivity index (χ1) is 13.1. The Bertz CT molecular complexity index is 882. The molecule has 0 fully saturated rings. The molecular formula is C18H22ClN5O2S. The van der Waals surface area contributed by atoms with Crippen molar-refractivity contribution < 1.29 is 9.26 Å². The normalized spacial score (nSPS) is 12.4. The molecule has 1 unspecified atom stereocenters. The van der Waals surface area contributed by atoms with Crippen LogP contribution in [0.4, 0.5) is 0 Å². The topological polar surface area (TPSA) is 78.9 Å². The Morgan fingerprint density at radius 2 is 2.11 bits per heavy atom. The van der Waals surface area contributed by atoms with E-state index in [-0.39, 0.29) is 5.25 Å². The number of benzene rings is 1. The first-order valence-corrected chi connectivity index (χ1v) is 10.1. The summed E-state index contributed by atoms with van der Waals surface area (Å²) in [7, 11) is 1.69. The van der Waals surface area contributed by atoms with Crippen LogP contribution in [0.25, 0.3) is 11.4 Å². The van der Waals surface area contributed by atoms with E-state index in [1.54, 1.807) is 7.11 Å². The quantitative estimate of drug-likeness (QED) is 0.383. The molecule has 1 aromatic carbocycles. The van der Waals surface area contributed by atoms with Gasteiger partial charge in [0.15, 0.2) is 16.8 Å². The van der Waals surface area contributed by atoms with Gasteiger partial charge in [0, 0.05) is 32.2 Å². The summed E-state index contributed by atoms with van der Waals surface area (Å²) >= 11 is 7.91. The maximum atomic E-state index is 6.38. The molecule has 0 saturated heterocycles. The molecule has 2 heterocycles.